The molecule has 1 N–H and O–H groups in total. The molecule has 32 heavy (non-hydrogen) atoms. The van der Waals surface area contributed by atoms with Crippen molar-refractivity contribution in [3.05, 3.63) is 74.0 Å². The molecule has 2 heterocycles. The van der Waals surface area contributed by atoms with Gasteiger partial charge >= 0.3 is 11.8 Å². The molecular weight excluding hydrogens is 432 g/mol. The number of benzene rings is 1. The van der Waals surface area contributed by atoms with Crippen LogP contribution in [0.5, 0.6) is 0 Å². The fourth-order valence-electron chi connectivity index (χ4n) is 3.81. The Morgan fingerprint density at radius 1 is 1.25 bits per heavy atom. The first-order chi connectivity index (χ1) is 15.5. The van der Waals surface area contributed by atoms with E-state index in [1.807, 2.05) is 6.07 Å². The number of anilines is 1. The molecule has 0 atom stereocenters. The van der Waals surface area contributed by atoms with Crippen LogP contribution in [0.4, 0.5) is 10.8 Å². The number of hydrogen-bond acceptors (Lipinski definition) is 7. The maximum absolute atomic E-state index is 13.0. The van der Waals surface area contributed by atoms with Crippen molar-refractivity contribution in [2.75, 3.05) is 11.9 Å². The molecule has 0 spiro atoms. The van der Waals surface area contributed by atoms with Gasteiger partial charge in [-0.1, -0.05) is 18.2 Å². The highest BCUT2D eigenvalue weighted by atomic mass is 32.1. The summed E-state index contributed by atoms with van der Waals surface area (Å²) in [5, 5.41) is 14.5. The van der Waals surface area contributed by atoms with Crippen LogP contribution < -0.4 is 5.32 Å². The van der Waals surface area contributed by atoms with E-state index in [2.05, 4.69) is 10.3 Å². The number of hydrogen-bond donors (Lipinski definition) is 1. The van der Waals surface area contributed by atoms with Gasteiger partial charge in [-0.3, -0.25) is 4.79 Å². The maximum atomic E-state index is 13.0. The van der Waals surface area contributed by atoms with Gasteiger partial charge in [-0.25, -0.2) is 14.3 Å². The average molecular weight is 455 g/mol. The van der Waals surface area contributed by atoms with Crippen molar-refractivity contribution in [2.45, 2.75) is 39.2 Å². The molecule has 1 aromatic carbocycles. The molecular formula is C22H22N4O5S. The molecule has 0 radical (unpaired) electrons. The number of imidazole rings is 1. The number of rotatable bonds is 7. The molecule has 1 amide bonds. The lowest BCUT2D eigenvalue weighted by Crippen LogP contribution is -2.18. The highest BCUT2D eigenvalue weighted by Crippen LogP contribution is 2.38. The molecule has 0 saturated carbocycles. The van der Waals surface area contributed by atoms with Gasteiger partial charge in [0, 0.05) is 17.4 Å². The van der Waals surface area contributed by atoms with Crippen molar-refractivity contribution in [3.63, 3.8) is 0 Å². The normalized spacial score (nSPS) is 12.8. The lowest BCUT2D eigenvalue weighted by atomic mass is 9.95. The molecule has 1 aliphatic carbocycles. The van der Waals surface area contributed by atoms with Gasteiger partial charge in [0.1, 0.15) is 24.3 Å². The van der Waals surface area contributed by atoms with Gasteiger partial charge in [-0.15, -0.1) is 11.3 Å². The molecule has 0 unspecified atom stereocenters. The van der Waals surface area contributed by atoms with E-state index in [1.165, 1.54) is 22.1 Å². The van der Waals surface area contributed by atoms with Gasteiger partial charge in [0.25, 0.3) is 5.91 Å². The number of nitrogens with zero attached hydrogens (tertiary/aromatic N) is 3. The molecule has 3 aromatic rings. The van der Waals surface area contributed by atoms with Crippen LogP contribution in [0.3, 0.4) is 0 Å². The van der Waals surface area contributed by atoms with Crippen molar-refractivity contribution in [2.24, 2.45) is 0 Å². The van der Waals surface area contributed by atoms with Crippen LogP contribution in [0, 0.1) is 17.0 Å². The van der Waals surface area contributed by atoms with Gasteiger partial charge < -0.3 is 20.2 Å². The van der Waals surface area contributed by atoms with Crippen LogP contribution >= 0.6 is 11.3 Å². The molecule has 2 aromatic heterocycles. The summed E-state index contributed by atoms with van der Waals surface area (Å²) in [7, 11) is 0. The minimum Gasteiger partial charge on any atom is -0.458 e. The third-order valence-electron chi connectivity index (χ3n) is 5.41. The van der Waals surface area contributed by atoms with Gasteiger partial charge in [0.15, 0.2) is 5.82 Å². The second-order valence-electron chi connectivity index (χ2n) is 7.44. The summed E-state index contributed by atoms with van der Waals surface area (Å²) in [4.78, 5) is 41.4. The molecule has 9 nitrogen and oxygen atoms in total. The summed E-state index contributed by atoms with van der Waals surface area (Å²) >= 11 is 1.42. The van der Waals surface area contributed by atoms with Crippen LogP contribution in [0.25, 0.3) is 0 Å². The van der Waals surface area contributed by atoms with Gasteiger partial charge in [-0.2, -0.15) is 0 Å². The Bertz CT molecular complexity index is 1170. The summed E-state index contributed by atoms with van der Waals surface area (Å²) < 4.78 is 6.89. The maximum Gasteiger partial charge on any atom is 0.342 e. The molecule has 0 saturated heterocycles. The number of amides is 1. The fraction of sp³-hybridized carbons (Fsp3) is 0.318. The number of aryl methyl sites for hydroxylation is 2. The van der Waals surface area contributed by atoms with Crippen LogP contribution in [0.2, 0.25) is 0 Å². The molecule has 10 heteroatoms. The topological polar surface area (TPSA) is 116 Å². The Labute approximate surface area is 188 Å². The predicted octanol–water partition coefficient (Wildman–Crippen LogP) is 4.15. The zero-order chi connectivity index (χ0) is 22.7. The number of esters is 1. The third kappa shape index (κ3) is 4.40. The standard InChI is InChI=1S/C22H22N4O5S/c1-14-23-13-18(26(29)30)25(14)11-12-31-22(28)19-16-9-5-6-10-17(16)32-21(19)24-20(27)15-7-3-2-4-8-15/h2-4,7-8,13H,5-6,9-12H2,1H3,(H,24,27). The van der Waals surface area contributed by atoms with E-state index in [0.717, 1.165) is 36.1 Å². The number of fused-ring (bicyclic) bond motifs is 1. The highest BCUT2D eigenvalue weighted by molar-refractivity contribution is 7.17. The van der Waals surface area contributed by atoms with E-state index in [9.17, 15) is 19.7 Å². The van der Waals surface area contributed by atoms with Crippen LogP contribution in [-0.4, -0.2) is 33.0 Å². The smallest absolute Gasteiger partial charge is 0.342 e. The van der Waals surface area contributed by atoms with Gasteiger partial charge in [0.05, 0.1) is 5.56 Å². The Balaban J connectivity index is 1.52. The van der Waals surface area contributed by atoms with E-state index in [-0.39, 0.29) is 24.9 Å². The molecule has 0 bridgehead atoms. The highest BCUT2D eigenvalue weighted by Gasteiger charge is 2.28. The van der Waals surface area contributed by atoms with Gasteiger partial charge in [-0.05, 0) is 48.3 Å². The van der Waals surface area contributed by atoms with E-state index in [1.54, 1.807) is 31.2 Å². The Morgan fingerprint density at radius 2 is 2.00 bits per heavy atom. The number of aromatic nitrogens is 2. The van der Waals surface area contributed by atoms with Crippen LogP contribution in [0.1, 0.15) is 49.8 Å². The number of ether oxygens (including phenoxy) is 1. The summed E-state index contributed by atoms with van der Waals surface area (Å²) in [6.45, 7) is 1.72. The first-order valence-corrected chi connectivity index (χ1v) is 11.1. The summed E-state index contributed by atoms with van der Waals surface area (Å²) in [5.74, 6) is -0.505. The quantitative estimate of drug-likeness (QED) is 0.326. The van der Waals surface area contributed by atoms with Gasteiger partial charge in [0.2, 0.25) is 0 Å². The predicted molar refractivity (Wildman–Crippen MR) is 119 cm³/mol. The van der Waals surface area contributed by atoms with E-state index in [4.69, 9.17) is 4.74 Å². The van der Waals surface area contributed by atoms with Crippen molar-refractivity contribution < 1.29 is 19.2 Å². The monoisotopic (exact) mass is 454 g/mol. The SMILES string of the molecule is Cc1ncc([N+](=O)[O-])n1CCOC(=O)c1c(NC(=O)c2ccccc2)sc2c1CCCC2. The van der Waals surface area contributed by atoms with Crippen molar-refractivity contribution in [3.8, 4) is 0 Å². The molecule has 166 valence electrons. The first-order valence-electron chi connectivity index (χ1n) is 10.3. The molecule has 1 aliphatic rings. The zero-order valence-electron chi connectivity index (χ0n) is 17.5. The average Bonchev–Trinajstić information content (AvgIpc) is 3.34. The van der Waals surface area contributed by atoms with Crippen molar-refractivity contribution in [1.82, 2.24) is 9.55 Å². The Kier molecular flexibility index (Phi) is 6.31. The third-order valence-corrected chi connectivity index (χ3v) is 6.61. The second kappa shape index (κ2) is 9.31. The lowest BCUT2D eigenvalue weighted by Gasteiger charge is -2.13. The number of carbonyl (C=O) groups is 2. The van der Waals surface area contributed by atoms with Crippen LogP contribution in [0.15, 0.2) is 36.5 Å². The number of carbonyl (C=O) groups excluding carboxylic acids is 2. The minimum absolute atomic E-state index is 0.0481. The van der Waals surface area contributed by atoms with Crippen molar-refractivity contribution >= 4 is 34.0 Å². The molecule has 0 fully saturated rings. The molecule has 4 rings (SSSR count). The Morgan fingerprint density at radius 3 is 2.75 bits per heavy atom. The summed E-state index contributed by atoms with van der Waals surface area (Å²) in [6.07, 6.45) is 4.81. The number of thiophene rings is 1. The Hall–Kier alpha value is -3.53. The number of nitrogens with one attached hydrogen (secondary N) is 1. The second-order valence-corrected chi connectivity index (χ2v) is 8.55. The number of nitro groups is 1. The fourth-order valence-corrected chi connectivity index (χ4v) is 5.09. The van der Waals surface area contributed by atoms with E-state index < -0.39 is 10.9 Å². The van der Waals surface area contributed by atoms with E-state index in [0.29, 0.717) is 22.0 Å². The van der Waals surface area contributed by atoms with E-state index >= 15 is 0 Å². The zero-order valence-corrected chi connectivity index (χ0v) is 18.3. The summed E-state index contributed by atoms with van der Waals surface area (Å²) in [5.41, 5.74) is 1.83. The first kappa shape index (κ1) is 21.7. The van der Waals surface area contributed by atoms with Crippen molar-refractivity contribution in [1.29, 1.82) is 0 Å². The molecule has 0 aliphatic heterocycles. The lowest BCUT2D eigenvalue weighted by molar-refractivity contribution is -0.392. The van der Waals surface area contributed by atoms with Crippen LogP contribution in [-0.2, 0) is 24.1 Å². The minimum atomic E-state index is -0.534. The largest absolute Gasteiger partial charge is 0.458 e. The summed E-state index contributed by atoms with van der Waals surface area (Å²) in [6, 6.07) is 8.81.